The lowest BCUT2D eigenvalue weighted by Gasteiger charge is -2.10. The van der Waals surface area contributed by atoms with E-state index in [1.54, 1.807) is 14.2 Å². The van der Waals surface area contributed by atoms with Crippen molar-refractivity contribution in [2.24, 2.45) is 5.73 Å². The van der Waals surface area contributed by atoms with Crippen LogP contribution >= 0.6 is 0 Å². The quantitative estimate of drug-likeness (QED) is 0.440. The van der Waals surface area contributed by atoms with Gasteiger partial charge in [0, 0.05) is 20.8 Å². The van der Waals surface area contributed by atoms with E-state index in [4.69, 9.17) is 19.0 Å². The van der Waals surface area contributed by atoms with E-state index in [9.17, 15) is 0 Å². The molecule has 0 unspecified atom stereocenters. The molecule has 0 aromatic rings. The smallest absolute Gasteiger partial charge is 0.379 e. The largest absolute Gasteiger partial charge is 0.483 e. The minimum atomic E-state index is -1.77. The molecule has 0 atom stereocenters. The molecule has 0 spiro atoms. The first-order chi connectivity index (χ1) is 5.85. The van der Waals surface area contributed by atoms with Gasteiger partial charge in [0.2, 0.25) is 0 Å². The predicted octanol–water partition coefficient (Wildman–Crippen LogP) is 0.142. The summed E-state index contributed by atoms with van der Waals surface area (Å²) in [4.78, 5) is 0. The lowest BCUT2D eigenvalue weighted by molar-refractivity contribution is 0.133. The van der Waals surface area contributed by atoms with Gasteiger partial charge in [-0.05, 0) is 25.8 Å². The van der Waals surface area contributed by atoms with Crippen molar-refractivity contribution >= 4 is 9.53 Å². The van der Waals surface area contributed by atoms with Crippen LogP contribution in [0.1, 0.15) is 19.3 Å². The van der Waals surface area contributed by atoms with Crippen LogP contribution in [-0.4, -0.2) is 36.9 Å². The zero-order chi connectivity index (χ0) is 9.23. The Morgan fingerprint density at radius 2 is 1.75 bits per heavy atom. The summed E-state index contributed by atoms with van der Waals surface area (Å²) < 4.78 is 15.3. The summed E-state index contributed by atoms with van der Waals surface area (Å²) in [6, 6.07) is 0. The standard InChI is InChI=1S/C7H19NO3Si/c1-9-12(10-2)11-7-5-3-4-6-8/h12H,3-8H2,1-2H3. The molecule has 0 aliphatic carbocycles. The zero-order valence-corrected chi connectivity index (χ0v) is 9.07. The highest BCUT2D eigenvalue weighted by Crippen LogP contribution is 1.96. The van der Waals surface area contributed by atoms with Gasteiger partial charge < -0.3 is 19.0 Å². The third-order valence-corrected chi connectivity index (χ3v) is 2.76. The predicted molar refractivity (Wildman–Crippen MR) is 50.0 cm³/mol. The number of nitrogens with two attached hydrogens (primary N) is 1. The van der Waals surface area contributed by atoms with E-state index in [0.717, 1.165) is 32.4 Å². The van der Waals surface area contributed by atoms with Crippen LogP contribution in [0.25, 0.3) is 0 Å². The molecular weight excluding hydrogens is 174 g/mol. The Labute approximate surface area is 76.0 Å². The third kappa shape index (κ3) is 6.75. The van der Waals surface area contributed by atoms with Crippen molar-refractivity contribution in [2.45, 2.75) is 19.3 Å². The highest BCUT2D eigenvalue weighted by molar-refractivity contribution is 6.36. The maximum absolute atomic E-state index is 5.34. The normalized spacial score (nSPS) is 11.0. The molecule has 0 saturated heterocycles. The van der Waals surface area contributed by atoms with Crippen molar-refractivity contribution in [1.29, 1.82) is 0 Å². The van der Waals surface area contributed by atoms with E-state index < -0.39 is 9.53 Å². The number of hydrogen-bond donors (Lipinski definition) is 1. The van der Waals surface area contributed by atoms with Gasteiger partial charge in [-0.2, -0.15) is 0 Å². The van der Waals surface area contributed by atoms with Crippen molar-refractivity contribution < 1.29 is 13.3 Å². The Hall–Kier alpha value is 0.0569. The van der Waals surface area contributed by atoms with E-state index in [1.807, 2.05) is 0 Å². The summed E-state index contributed by atoms with van der Waals surface area (Å²) in [5.74, 6) is 0. The van der Waals surface area contributed by atoms with Gasteiger partial charge in [-0.3, -0.25) is 0 Å². The molecule has 0 amide bonds. The molecule has 2 N–H and O–H groups in total. The molecule has 0 fully saturated rings. The second-order valence-corrected chi connectivity index (χ2v) is 4.33. The van der Waals surface area contributed by atoms with Crippen LogP contribution in [0, 0.1) is 0 Å². The van der Waals surface area contributed by atoms with E-state index in [1.165, 1.54) is 0 Å². The summed E-state index contributed by atoms with van der Waals surface area (Å²) in [5, 5.41) is 0. The molecule has 12 heavy (non-hydrogen) atoms. The summed E-state index contributed by atoms with van der Waals surface area (Å²) in [6.07, 6.45) is 3.22. The lowest BCUT2D eigenvalue weighted by Crippen LogP contribution is -2.24. The summed E-state index contributed by atoms with van der Waals surface area (Å²) in [5.41, 5.74) is 5.34. The Kier molecular flexibility index (Phi) is 9.19. The first-order valence-electron chi connectivity index (χ1n) is 4.22. The van der Waals surface area contributed by atoms with Gasteiger partial charge in [-0.25, -0.2) is 0 Å². The second-order valence-electron chi connectivity index (χ2n) is 2.48. The summed E-state index contributed by atoms with van der Waals surface area (Å²) in [7, 11) is 1.45. The minimum Gasteiger partial charge on any atom is -0.379 e. The van der Waals surface area contributed by atoms with Gasteiger partial charge in [0.25, 0.3) is 0 Å². The van der Waals surface area contributed by atoms with Crippen LogP contribution in [0.5, 0.6) is 0 Å². The minimum absolute atomic E-state index is 0.721. The summed E-state index contributed by atoms with van der Waals surface area (Å²) >= 11 is 0. The Bertz CT molecular complexity index is 90.7. The molecule has 0 heterocycles. The molecule has 0 bridgehead atoms. The first kappa shape index (κ1) is 12.1. The van der Waals surface area contributed by atoms with Gasteiger partial charge >= 0.3 is 9.53 Å². The van der Waals surface area contributed by atoms with Crippen LogP contribution < -0.4 is 5.73 Å². The summed E-state index contributed by atoms with van der Waals surface area (Å²) in [6.45, 7) is 1.48. The number of rotatable bonds is 8. The fraction of sp³-hybridized carbons (Fsp3) is 1.00. The third-order valence-electron chi connectivity index (χ3n) is 1.49. The highest BCUT2D eigenvalue weighted by Gasteiger charge is 2.09. The molecule has 5 heteroatoms. The van der Waals surface area contributed by atoms with Crippen molar-refractivity contribution in [3.8, 4) is 0 Å². The number of unbranched alkanes of at least 4 members (excludes halogenated alkanes) is 2. The molecule has 0 radical (unpaired) electrons. The molecule has 0 rings (SSSR count). The molecule has 74 valence electrons. The van der Waals surface area contributed by atoms with Crippen LogP contribution in [0.15, 0.2) is 0 Å². The van der Waals surface area contributed by atoms with Gasteiger partial charge in [0.1, 0.15) is 0 Å². The SMILES string of the molecule is CO[SiH](OC)OCCCCCN. The van der Waals surface area contributed by atoms with Gasteiger partial charge in [0.15, 0.2) is 0 Å². The average molecular weight is 193 g/mol. The Balaban J connectivity index is 3.06. The van der Waals surface area contributed by atoms with Crippen molar-refractivity contribution in [2.75, 3.05) is 27.4 Å². The molecule has 0 saturated carbocycles. The Morgan fingerprint density at radius 3 is 2.25 bits per heavy atom. The van der Waals surface area contributed by atoms with E-state index in [0.29, 0.717) is 0 Å². The van der Waals surface area contributed by atoms with Crippen LogP contribution in [-0.2, 0) is 13.3 Å². The van der Waals surface area contributed by atoms with Crippen LogP contribution in [0.3, 0.4) is 0 Å². The second kappa shape index (κ2) is 9.15. The topological polar surface area (TPSA) is 53.7 Å². The first-order valence-corrected chi connectivity index (χ1v) is 5.63. The fourth-order valence-electron chi connectivity index (χ4n) is 0.835. The van der Waals surface area contributed by atoms with Crippen LogP contribution in [0.4, 0.5) is 0 Å². The Morgan fingerprint density at radius 1 is 1.08 bits per heavy atom. The van der Waals surface area contributed by atoms with E-state index >= 15 is 0 Å². The molecule has 0 aromatic carbocycles. The molecule has 0 aliphatic rings. The molecule has 0 aromatic heterocycles. The van der Waals surface area contributed by atoms with E-state index in [-0.39, 0.29) is 0 Å². The molecular formula is C7H19NO3Si. The number of hydrogen-bond acceptors (Lipinski definition) is 4. The van der Waals surface area contributed by atoms with Crippen molar-refractivity contribution in [3.63, 3.8) is 0 Å². The monoisotopic (exact) mass is 193 g/mol. The van der Waals surface area contributed by atoms with Gasteiger partial charge in [-0.15, -0.1) is 0 Å². The van der Waals surface area contributed by atoms with Crippen molar-refractivity contribution in [1.82, 2.24) is 0 Å². The van der Waals surface area contributed by atoms with Gasteiger partial charge in [0.05, 0.1) is 0 Å². The zero-order valence-electron chi connectivity index (χ0n) is 7.91. The van der Waals surface area contributed by atoms with Gasteiger partial charge in [-0.1, -0.05) is 0 Å². The molecule has 4 nitrogen and oxygen atoms in total. The maximum Gasteiger partial charge on any atom is 0.483 e. The molecule has 0 aliphatic heterocycles. The van der Waals surface area contributed by atoms with Crippen LogP contribution in [0.2, 0.25) is 0 Å². The maximum atomic E-state index is 5.34. The fourth-order valence-corrected chi connectivity index (χ4v) is 1.66. The van der Waals surface area contributed by atoms with E-state index in [2.05, 4.69) is 0 Å². The highest BCUT2D eigenvalue weighted by atomic mass is 28.3. The average Bonchev–Trinajstić information content (AvgIpc) is 2.11. The van der Waals surface area contributed by atoms with Crippen molar-refractivity contribution in [3.05, 3.63) is 0 Å². The lowest BCUT2D eigenvalue weighted by atomic mass is 10.2.